The lowest BCUT2D eigenvalue weighted by Crippen LogP contribution is -2.44. The third kappa shape index (κ3) is 2.48. The second-order valence-corrected chi connectivity index (χ2v) is 5.33. The Morgan fingerprint density at radius 3 is 2.50 bits per heavy atom. The first-order valence-corrected chi connectivity index (χ1v) is 6.23. The molecule has 1 heterocycles. The van der Waals surface area contributed by atoms with Crippen molar-refractivity contribution in [2.75, 3.05) is 19.6 Å². The maximum absolute atomic E-state index is 5.85. The maximum atomic E-state index is 5.85. The van der Waals surface area contributed by atoms with E-state index in [1.165, 1.54) is 45.2 Å². The second kappa shape index (κ2) is 4.63. The number of nitrogens with zero attached hydrogens (tertiary/aromatic N) is 1. The minimum Gasteiger partial charge on any atom is -0.327 e. The van der Waals surface area contributed by atoms with Crippen molar-refractivity contribution in [2.45, 2.75) is 45.1 Å². The third-order valence-corrected chi connectivity index (χ3v) is 3.90. The van der Waals surface area contributed by atoms with Gasteiger partial charge >= 0.3 is 0 Å². The highest BCUT2D eigenvalue weighted by Gasteiger charge is 2.30. The van der Waals surface area contributed by atoms with Gasteiger partial charge in [-0.2, -0.15) is 0 Å². The van der Waals surface area contributed by atoms with E-state index < -0.39 is 0 Å². The average molecular weight is 196 g/mol. The lowest BCUT2D eigenvalue weighted by Gasteiger charge is -2.41. The number of likely N-dealkylation sites (tertiary alicyclic amines) is 1. The van der Waals surface area contributed by atoms with Crippen molar-refractivity contribution in [3.8, 4) is 0 Å². The lowest BCUT2D eigenvalue weighted by atomic mass is 9.73. The normalized spacial score (nSPS) is 32.6. The van der Waals surface area contributed by atoms with E-state index in [1.54, 1.807) is 0 Å². The molecule has 0 bridgehead atoms. The molecule has 2 nitrogen and oxygen atoms in total. The van der Waals surface area contributed by atoms with Crippen LogP contribution in [0.1, 0.15) is 39.0 Å². The molecule has 0 aromatic heterocycles. The summed E-state index contributed by atoms with van der Waals surface area (Å²) in [5.74, 6) is 2.06. The summed E-state index contributed by atoms with van der Waals surface area (Å²) >= 11 is 0. The fourth-order valence-corrected chi connectivity index (χ4v) is 2.96. The van der Waals surface area contributed by atoms with Crippen molar-refractivity contribution in [1.82, 2.24) is 4.90 Å². The monoisotopic (exact) mass is 196 g/mol. The molecular formula is C12H24N2. The van der Waals surface area contributed by atoms with E-state index in [9.17, 15) is 0 Å². The molecule has 2 rings (SSSR count). The van der Waals surface area contributed by atoms with Crippen LogP contribution in [0, 0.1) is 11.8 Å². The van der Waals surface area contributed by atoms with Gasteiger partial charge in [-0.05, 0) is 38.1 Å². The van der Waals surface area contributed by atoms with E-state index in [2.05, 4.69) is 11.8 Å². The van der Waals surface area contributed by atoms with Gasteiger partial charge in [-0.3, -0.25) is 0 Å². The van der Waals surface area contributed by atoms with E-state index in [0.29, 0.717) is 6.04 Å². The molecule has 0 radical (unpaired) electrons. The first kappa shape index (κ1) is 10.4. The summed E-state index contributed by atoms with van der Waals surface area (Å²) in [5, 5.41) is 0. The summed E-state index contributed by atoms with van der Waals surface area (Å²) in [5.41, 5.74) is 5.85. The Hall–Kier alpha value is -0.0800. The molecule has 1 saturated heterocycles. The summed E-state index contributed by atoms with van der Waals surface area (Å²) in [6, 6.07) is 0.343. The quantitative estimate of drug-likeness (QED) is 0.746. The Kier molecular flexibility index (Phi) is 3.45. The highest BCUT2D eigenvalue weighted by molar-refractivity contribution is 4.83. The van der Waals surface area contributed by atoms with Gasteiger partial charge in [-0.1, -0.05) is 19.3 Å². The average Bonchev–Trinajstić information content (AvgIpc) is 1.99. The van der Waals surface area contributed by atoms with E-state index >= 15 is 0 Å². The Labute approximate surface area is 87.8 Å². The van der Waals surface area contributed by atoms with E-state index in [-0.39, 0.29) is 0 Å². The van der Waals surface area contributed by atoms with Crippen LogP contribution < -0.4 is 5.73 Å². The zero-order valence-electron chi connectivity index (χ0n) is 9.41. The van der Waals surface area contributed by atoms with E-state index in [0.717, 1.165) is 18.4 Å². The minimum atomic E-state index is 0.343. The van der Waals surface area contributed by atoms with Crippen LogP contribution >= 0.6 is 0 Å². The van der Waals surface area contributed by atoms with Gasteiger partial charge in [0.1, 0.15) is 0 Å². The summed E-state index contributed by atoms with van der Waals surface area (Å²) in [6.45, 7) is 5.83. The van der Waals surface area contributed by atoms with Crippen molar-refractivity contribution < 1.29 is 0 Å². The standard InChI is InChI=1S/C12H24N2/c1-10(13)8-14-7-3-6-12(9-14)11-4-2-5-11/h10-12H,2-9,13H2,1H3/t10-,12?/m0/s1. The predicted molar refractivity (Wildman–Crippen MR) is 60.2 cm³/mol. The molecule has 0 aromatic rings. The van der Waals surface area contributed by atoms with Gasteiger partial charge in [0.25, 0.3) is 0 Å². The van der Waals surface area contributed by atoms with E-state index in [4.69, 9.17) is 5.73 Å². The Balaban J connectivity index is 1.77. The minimum absolute atomic E-state index is 0.343. The SMILES string of the molecule is C[C@H](N)CN1CCCC(C2CCC2)C1. The summed E-state index contributed by atoms with van der Waals surface area (Å²) < 4.78 is 0. The number of hydrogen-bond donors (Lipinski definition) is 1. The van der Waals surface area contributed by atoms with Gasteiger partial charge in [0.15, 0.2) is 0 Å². The van der Waals surface area contributed by atoms with Crippen molar-refractivity contribution in [1.29, 1.82) is 0 Å². The Morgan fingerprint density at radius 1 is 1.21 bits per heavy atom. The van der Waals surface area contributed by atoms with Crippen molar-refractivity contribution in [3.05, 3.63) is 0 Å². The van der Waals surface area contributed by atoms with Crippen LogP contribution in [0.2, 0.25) is 0 Å². The van der Waals surface area contributed by atoms with Crippen molar-refractivity contribution in [3.63, 3.8) is 0 Å². The van der Waals surface area contributed by atoms with Crippen LogP contribution in [0.15, 0.2) is 0 Å². The zero-order chi connectivity index (χ0) is 9.97. The topological polar surface area (TPSA) is 29.3 Å². The molecule has 1 unspecified atom stereocenters. The molecule has 14 heavy (non-hydrogen) atoms. The van der Waals surface area contributed by atoms with Crippen LogP contribution in [0.4, 0.5) is 0 Å². The summed E-state index contributed by atoms with van der Waals surface area (Å²) in [7, 11) is 0. The zero-order valence-corrected chi connectivity index (χ0v) is 9.41. The fourth-order valence-electron chi connectivity index (χ4n) is 2.96. The molecule has 0 aromatic carbocycles. The number of hydrogen-bond acceptors (Lipinski definition) is 2. The molecule has 2 fully saturated rings. The van der Waals surface area contributed by atoms with E-state index in [1.807, 2.05) is 0 Å². The lowest BCUT2D eigenvalue weighted by molar-refractivity contribution is 0.0930. The summed E-state index contributed by atoms with van der Waals surface area (Å²) in [4.78, 5) is 2.58. The van der Waals surface area contributed by atoms with Gasteiger partial charge in [-0.15, -0.1) is 0 Å². The smallest absolute Gasteiger partial charge is 0.0139 e. The van der Waals surface area contributed by atoms with Crippen LogP contribution in [-0.2, 0) is 0 Å². The van der Waals surface area contributed by atoms with Gasteiger partial charge in [0.05, 0.1) is 0 Å². The van der Waals surface area contributed by atoms with Gasteiger partial charge in [0, 0.05) is 19.1 Å². The molecule has 0 amide bonds. The maximum Gasteiger partial charge on any atom is 0.0139 e. The van der Waals surface area contributed by atoms with Gasteiger partial charge in [0.2, 0.25) is 0 Å². The molecule has 2 N–H and O–H groups in total. The Morgan fingerprint density at radius 2 is 1.93 bits per heavy atom. The van der Waals surface area contributed by atoms with Gasteiger partial charge in [-0.25, -0.2) is 0 Å². The third-order valence-electron chi connectivity index (χ3n) is 3.90. The molecule has 2 aliphatic rings. The molecule has 1 aliphatic heterocycles. The van der Waals surface area contributed by atoms with Crippen LogP contribution in [0.5, 0.6) is 0 Å². The summed E-state index contributed by atoms with van der Waals surface area (Å²) in [6.07, 6.45) is 7.34. The molecule has 0 spiro atoms. The fraction of sp³-hybridized carbons (Fsp3) is 1.00. The first-order chi connectivity index (χ1) is 6.75. The number of nitrogens with two attached hydrogens (primary N) is 1. The molecule has 2 heteroatoms. The number of piperidine rings is 1. The molecule has 2 atom stereocenters. The van der Waals surface area contributed by atoms with Crippen LogP contribution in [0.25, 0.3) is 0 Å². The predicted octanol–water partition coefficient (Wildman–Crippen LogP) is 1.85. The highest BCUT2D eigenvalue weighted by atomic mass is 15.1. The molecular weight excluding hydrogens is 172 g/mol. The Bertz CT molecular complexity index is 175. The largest absolute Gasteiger partial charge is 0.327 e. The van der Waals surface area contributed by atoms with Crippen LogP contribution in [-0.4, -0.2) is 30.6 Å². The molecule has 82 valence electrons. The van der Waals surface area contributed by atoms with Crippen molar-refractivity contribution in [2.24, 2.45) is 17.6 Å². The van der Waals surface area contributed by atoms with Crippen molar-refractivity contribution >= 4 is 0 Å². The highest BCUT2D eigenvalue weighted by Crippen LogP contribution is 2.37. The van der Waals surface area contributed by atoms with Crippen LogP contribution in [0.3, 0.4) is 0 Å². The molecule has 1 saturated carbocycles. The molecule has 1 aliphatic carbocycles. The first-order valence-electron chi connectivity index (χ1n) is 6.23. The number of rotatable bonds is 3. The van der Waals surface area contributed by atoms with Gasteiger partial charge < -0.3 is 10.6 Å². The second-order valence-electron chi connectivity index (χ2n) is 5.33.